The van der Waals surface area contributed by atoms with Crippen LogP contribution in [0.1, 0.15) is 10.4 Å². The largest absolute Gasteiger partial charge is 0.370 e. The van der Waals surface area contributed by atoms with Gasteiger partial charge in [-0.2, -0.15) is 0 Å². The van der Waals surface area contributed by atoms with E-state index in [-0.39, 0.29) is 18.1 Å². The van der Waals surface area contributed by atoms with Crippen LogP contribution in [0.15, 0.2) is 24.3 Å². The number of amides is 2. The van der Waals surface area contributed by atoms with Gasteiger partial charge in [0.2, 0.25) is 5.91 Å². The molecule has 1 fully saturated rings. The van der Waals surface area contributed by atoms with Crippen LogP contribution in [0, 0.1) is 5.82 Å². The molecule has 1 saturated heterocycles. The molecule has 6 heteroatoms. The average molecular weight is 266 g/mol. The van der Waals surface area contributed by atoms with Gasteiger partial charge in [-0.25, -0.2) is 4.39 Å². The summed E-state index contributed by atoms with van der Waals surface area (Å²) in [4.78, 5) is 24.7. The Hall–Kier alpha value is -1.95. The molecule has 19 heavy (non-hydrogen) atoms. The molecule has 5 nitrogen and oxygen atoms in total. The molecule has 0 unspecified atom stereocenters. The van der Waals surface area contributed by atoms with Gasteiger partial charge < -0.3 is 15.0 Å². The topological polar surface area (TPSA) is 58.6 Å². The van der Waals surface area contributed by atoms with Gasteiger partial charge in [0.1, 0.15) is 12.4 Å². The summed E-state index contributed by atoms with van der Waals surface area (Å²) in [7, 11) is 0. The zero-order valence-corrected chi connectivity index (χ0v) is 10.4. The van der Waals surface area contributed by atoms with Crippen molar-refractivity contribution in [2.24, 2.45) is 0 Å². The van der Waals surface area contributed by atoms with Gasteiger partial charge >= 0.3 is 0 Å². The minimum atomic E-state index is -0.553. The molecule has 0 aliphatic carbocycles. The molecule has 1 aromatic rings. The number of carbonyl (C=O) groups excluding carboxylic acids is 2. The Morgan fingerprint density at radius 2 is 2.21 bits per heavy atom. The third-order valence-electron chi connectivity index (χ3n) is 2.87. The number of morpholine rings is 1. The van der Waals surface area contributed by atoms with E-state index in [4.69, 9.17) is 4.74 Å². The van der Waals surface area contributed by atoms with Crippen molar-refractivity contribution in [3.05, 3.63) is 35.6 Å². The van der Waals surface area contributed by atoms with Crippen LogP contribution in [0.25, 0.3) is 0 Å². The van der Waals surface area contributed by atoms with Gasteiger partial charge in [-0.15, -0.1) is 0 Å². The van der Waals surface area contributed by atoms with Crippen LogP contribution in [-0.4, -0.2) is 49.6 Å². The first kappa shape index (κ1) is 13.5. The van der Waals surface area contributed by atoms with Crippen LogP contribution in [0.3, 0.4) is 0 Å². The molecule has 2 amide bonds. The summed E-state index contributed by atoms with van der Waals surface area (Å²) in [6, 6.07) is 5.78. The normalized spacial score (nSPS) is 15.4. The van der Waals surface area contributed by atoms with Crippen LogP contribution in [0.4, 0.5) is 4.39 Å². The lowest BCUT2D eigenvalue weighted by molar-refractivity contribution is -0.142. The fourth-order valence-corrected chi connectivity index (χ4v) is 1.83. The van der Waals surface area contributed by atoms with E-state index < -0.39 is 11.7 Å². The number of nitrogens with one attached hydrogen (secondary N) is 1. The van der Waals surface area contributed by atoms with Crippen LogP contribution in [-0.2, 0) is 9.53 Å². The first-order valence-electron chi connectivity index (χ1n) is 6.07. The summed E-state index contributed by atoms with van der Waals surface area (Å²) in [6.45, 7) is 1.81. The lowest BCUT2D eigenvalue weighted by atomic mass is 10.2. The molecule has 1 N–H and O–H groups in total. The number of hydrogen-bond donors (Lipinski definition) is 1. The molecule has 0 aromatic heterocycles. The first-order valence-corrected chi connectivity index (χ1v) is 6.07. The van der Waals surface area contributed by atoms with Crippen LogP contribution >= 0.6 is 0 Å². The highest BCUT2D eigenvalue weighted by atomic mass is 19.1. The Kier molecular flexibility index (Phi) is 4.46. The van der Waals surface area contributed by atoms with Gasteiger partial charge in [-0.05, 0) is 12.1 Å². The number of rotatable bonds is 4. The SMILES string of the molecule is O=C(NCCN1CCOCC1=O)c1ccccc1F. The van der Waals surface area contributed by atoms with E-state index in [0.717, 1.165) is 0 Å². The summed E-state index contributed by atoms with van der Waals surface area (Å²) >= 11 is 0. The zero-order chi connectivity index (χ0) is 13.7. The van der Waals surface area contributed by atoms with Crippen molar-refractivity contribution < 1.29 is 18.7 Å². The summed E-state index contributed by atoms with van der Waals surface area (Å²) in [6.07, 6.45) is 0. The van der Waals surface area contributed by atoms with E-state index in [1.54, 1.807) is 11.0 Å². The molecule has 0 spiro atoms. The average Bonchev–Trinajstić information content (AvgIpc) is 2.41. The number of carbonyl (C=O) groups is 2. The van der Waals surface area contributed by atoms with Crippen molar-refractivity contribution in [2.75, 3.05) is 32.8 Å². The molecule has 1 aromatic carbocycles. The highest BCUT2D eigenvalue weighted by molar-refractivity contribution is 5.94. The third kappa shape index (κ3) is 3.51. The minimum Gasteiger partial charge on any atom is -0.370 e. The lowest BCUT2D eigenvalue weighted by Crippen LogP contribution is -2.45. The Bertz CT molecular complexity index is 479. The van der Waals surface area contributed by atoms with Gasteiger partial charge in [0.15, 0.2) is 0 Å². The molecule has 0 atom stereocenters. The maximum Gasteiger partial charge on any atom is 0.254 e. The second kappa shape index (κ2) is 6.29. The van der Waals surface area contributed by atoms with Crippen LogP contribution < -0.4 is 5.32 Å². The number of benzene rings is 1. The lowest BCUT2D eigenvalue weighted by Gasteiger charge is -2.26. The number of ether oxygens (including phenoxy) is 1. The Labute approximate surface area is 110 Å². The van der Waals surface area contributed by atoms with Crippen molar-refractivity contribution in [1.29, 1.82) is 0 Å². The molecular formula is C13H15FN2O3. The smallest absolute Gasteiger partial charge is 0.254 e. The van der Waals surface area contributed by atoms with Crippen molar-refractivity contribution in [3.63, 3.8) is 0 Å². The Balaban J connectivity index is 1.81. The first-order chi connectivity index (χ1) is 9.18. The summed E-state index contributed by atoms with van der Waals surface area (Å²) < 4.78 is 18.3. The van der Waals surface area contributed by atoms with Gasteiger partial charge in [-0.1, -0.05) is 12.1 Å². The van der Waals surface area contributed by atoms with Crippen molar-refractivity contribution in [1.82, 2.24) is 10.2 Å². The maximum absolute atomic E-state index is 13.3. The van der Waals surface area contributed by atoms with Crippen molar-refractivity contribution >= 4 is 11.8 Å². The minimum absolute atomic E-state index is 0.0100. The molecular weight excluding hydrogens is 251 g/mol. The number of nitrogens with zero attached hydrogens (tertiary/aromatic N) is 1. The van der Waals surface area contributed by atoms with Crippen molar-refractivity contribution in [3.8, 4) is 0 Å². The Morgan fingerprint density at radius 3 is 2.95 bits per heavy atom. The van der Waals surface area contributed by atoms with E-state index in [0.29, 0.717) is 26.2 Å². The van der Waals surface area contributed by atoms with E-state index in [1.807, 2.05) is 0 Å². The van der Waals surface area contributed by atoms with Gasteiger partial charge in [0.05, 0.1) is 12.2 Å². The number of halogens is 1. The van der Waals surface area contributed by atoms with Gasteiger partial charge in [-0.3, -0.25) is 9.59 Å². The molecule has 0 bridgehead atoms. The molecule has 1 aliphatic rings. The van der Waals surface area contributed by atoms with Crippen LogP contribution in [0.2, 0.25) is 0 Å². The van der Waals surface area contributed by atoms with Gasteiger partial charge in [0.25, 0.3) is 5.91 Å². The van der Waals surface area contributed by atoms with Crippen molar-refractivity contribution in [2.45, 2.75) is 0 Å². The molecule has 0 saturated carbocycles. The summed E-state index contributed by atoms with van der Waals surface area (Å²) in [5.74, 6) is -1.12. The standard InChI is InChI=1S/C13H15FN2O3/c14-11-4-2-1-3-10(11)13(18)15-5-6-16-7-8-19-9-12(16)17/h1-4H,5-9H2,(H,15,18). The third-order valence-corrected chi connectivity index (χ3v) is 2.87. The molecule has 0 radical (unpaired) electrons. The van der Waals surface area contributed by atoms with E-state index in [1.165, 1.54) is 18.2 Å². The molecule has 1 aliphatic heterocycles. The second-order valence-electron chi connectivity index (χ2n) is 4.17. The predicted octanol–water partition coefficient (Wildman–Crippen LogP) is 0.414. The summed E-state index contributed by atoms with van der Waals surface area (Å²) in [5, 5.41) is 2.59. The molecule has 2 rings (SSSR count). The highest BCUT2D eigenvalue weighted by Gasteiger charge is 2.18. The van der Waals surface area contributed by atoms with E-state index in [9.17, 15) is 14.0 Å². The maximum atomic E-state index is 13.3. The van der Waals surface area contributed by atoms with Crippen LogP contribution in [0.5, 0.6) is 0 Å². The monoisotopic (exact) mass is 266 g/mol. The quantitative estimate of drug-likeness (QED) is 0.859. The molecule has 102 valence electrons. The predicted molar refractivity (Wildman–Crippen MR) is 66.1 cm³/mol. The summed E-state index contributed by atoms with van der Waals surface area (Å²) in [5.41, 5.74) is 0.0100. The molecule has 1 heterocycles. The highest BCUT2D eigenvalue weighted by Crippen LogP contribution is 2.05. The van der Waals surface area contributed by atoms with E-state index in [2.05, 4.69) is 5.32 Å². The second-order valence-corrected chi connectivity index (χ2v) is 4.17. The number of hydrogen-bond acceptors (Lipinski definition) is 3. The van der Waals surface area contributed by atoms with E-state index >= 15 is 0 Å². The zero-order valence-electron chi connectivity index (χ0n) is 10.4. The fourth-order valence-electron chi connectivity index (χ4n) is 1.83. The Morgan fingerprint density at radius 1 is 1.42 bits per heavy atom. The van der Waals surface area contributed by atoms with Gasteiger partial charge in [0, 0.05) is 19.6 Å². The fraction of sp³-hybridized carbons (Fsp3) is 0.385.